The van der Waals surface area contributed by atoms with Crippen molar-refractivity contribution in [1.82, 2.24) is 9.88 Å². The number of aromatic nitrogens is 1. The fraction of sp³-hybridized carbons (Fsp3) is 0.238. The van der Waals surface area contributed by atoms with Gasteiger partial charge in [0.1, 0.15) is 11.4 Å². The zero-order chi connectivity index (χ0) is 20.1. The Bertz CT molecular complexity index is 1120. The molecule has 1 aromatic carbocycles. The van der Waals surface area contributed by atoms with Crippen LogP contribution in [-0.2, 0) is 19.5 Å². The molecular weight excluding hydrogens is 412 g/mol. The predicted molar refractivity (Wildman–Crippen MR) is 118 cm³/mol. The molecule has 3 rings (SSSR count). The number of aliphatic hydroxyl groups is 1. The smallest absolute Gasteiger partial charge is 0.254 e. The Balaban J connectivity index is 1.89. The van der Waals surface area contributed by atoms with Crippen LogP contribution in [0.4, 0.5) is 0 Å². The van der Waals surface area contributed by atoms with Gasteiger partial charge in [0.2, 0.25) is 0 Å². The first-order chi connectivity index (χ1) is 13.5. The zero-order valence-corrected chi connectivity index (χ0v) is 17.7. The summed E-state index contributed by atoms with van der Waals surface area (Å²) >= 11 is 13.1. The van der Waals surface area contributed by atoms with Gasteiger partial charge in [-0.15, -0.1) is 11.3 Å². The van der Waals surface area contributed by atoms with E-state index in [4.69, 9.17) is 28.9 Å². The molecule has 0 aliphatic heterocycles. The Morgan fingerprint density at radius 1 is 1.32 bits per heavy atom. The maximum Gasteiger partial charge on any atom is 0.254 e. The number of fused-ring (bicyclic) bond motifs is 1. The van der Waals surface area contributed by atoms with Crippen molar-refractivity contribution in [3.05, 3.63) is 62.1 Å². The van der Waals surface area contributed by atoms with Gasteiger partial charge in [0.25, 0.3) is 5.91 Å². The molecule has 0 aliphatic carbocycles. The molecule has 0 saturated heterocycles. The number of hydrogen-bond donors (Lipinski definition) is 2. The van der Waals surface area contributed by atoms with Crippen molar-refractivity contribution in [2.75, 3.05) is 6.61 Å². The van der Waals surface area contributed by atoms with E-state index in [0.29, 0.717) is 28.1 Å². The van der Waals surface area contributed by atoms with E-state index >= 15 is 0 Å². The maximum atomic E-state index is 12.8. The van der Waals surface area contributed by atoms with Crippen LogP contribution in [0.25, 0.3) is 10.2 Å². The molecule has 0 saturated carbocycles. The number of carbonyl (C=O) groups is 1. The van der Waals surface area contributed by atoms with Gasteiger partial charge in [-0.05, 0) is 30.7 Å². The number of benzene rings is 1. The van der Waals surface area contributed by atoms with Crippen LogP contribution in [0.5, 0.6) is 0 Å². The van der Waals surface area contributed by atoms with Crippen LogP contribution in [-0.4, -0.2) is 22.2 Å². The number of pyridine rings is 1. The van der Waals surface area contributed by atoms with Crippen molar-refractivity contribution in [3.8, 4) is 11.8 Å². The lowest BCUT2D eigenvalue weighted by Crippen LogP contribution is -2.24. The van der Waals surface area contributed by atoms with E-state index in [1.54, 1.807) is 23.5 Å². The van der Waals surface area contributed by atoms with Crippen LogP contribution in [0, 0.1) is 16.4 Å². The molecule has 2 heterocycles. The van der Waals surface area contributed by atoms with Crippen LogP contribution in [0.2, 0.25) is 5.02 Å². The van der Waals surface area contributed by atoms with E-state index in [1.165, 1.54) is 0 Å². The summed E-state index contributed by atoms with van der Waals surface area (Å²) < 4.78 is 2.58. The van der Waals surface area contributed by atoms with Crippen LogP contribution in [0.15, 0.2) is 36.5 Å². The zero-order valence-electron chi connectivity index (χ0n) is 15.3. The third-order valence-corrected chi connectivity index (χ3v) is 6.08. The fourth-order valence-corrected chi connectivity index (χ4v) is 4.43. The number of hydrogen-bond acceptors (Lipinski definition) is 4. The van der Waals surface area contributed by atoms with Gasteiger partial charge in [-0.2, -0.15) is 0 Å². The number of aryl methyl sites for hydroxylation is 1. The number of aliphatic hydroxyl groups excluding tert-OH is 1. The molecule has 144 valence electrons. The molecule has 0 spiro atoms. The monoisotopic (exact) mass is 430 g/mol. The van der Waals surface area contributed by atoms with E-state index < -0.39 is 0 Å². The number of rotatable bonds is 5. The summed E-state index contributed by atoms with van der Waals surface area (Å²) in [4.78, 5) is 14.9. The van der Waals surface area contributed by atoms with Crippen molar-refractivity contribution in [3.63, 3.8) is 0 Å². The number of nitrogens with one attached hydrogen (secondary N) is 1. The van der Waals surface area contributed by atoms with E-state index in [-0.39, 0.29) is 12.5 Å². The first-order valence-electron chi connectivity index (χ1n) is 8.78. The van der Waals surface area contributed by atoms with Crippen molar-refractivity contribution in [2.24, 2.45) is 0 Å². The minimum atomic E-state index is -0.197. The average molecular weight is 431 g/mol. The van der Waals surface area contributed by atoms with E-state index in [0.717, 1.165) is 27.2 Å². The third kappa shape index (κ3) is 4.62. The van der Waals surface area contributed by atoms with Gasteiger partial charge in [-0.3, -0.25) is 4.79 Å². The van der Waals surface area contributed by atoms with Gasteiger partial charge in [-0.25, -0.2) is 0 Å². The van der Waals surface area contributed by atoms with Crippen LogP contribution < -0.4 is 5.32 Å². The highest BCUT2D eigenvalue weighted by Gasteiger charge is 2.15. The molecule has 0 fully saturated rings. The van der Waals surface area contributed by atoms with Gasteiger partial charge in [-0.1, -0.05) is 47.8 Å². The Morgan fingerprint density at radius 3 is 2.75 bits per heavy atom. The lowest BCUT2D eigenvalue weighted by atomic mass is 10.2. The molecule has 0 radical (unpaired) electrons. The fourth-order valence-electron chi connectivity index (χ4n) is 2.79. The molecule has 0 unspecified atom stereocenters. The standard InChI is InChI=1S/C21H19ClN2O2S2/c1-2-24-13-18(20(26)23-12-14-6-8-15(22)9-7-14)19(27)17-11-16(28-21(17)24)5-3-4-10-25/h6-9,11,13,25H,2,5,10,12H2,1H3,(H,23,26). The van der Waals surface area contributed by atoms with Crippen LogP contribution >= 0.6 is 35.2 Å². The second-order valence-electron chi connectivity index (χ2n) is 6.09. The van der Waals surface area contributed by atoms with Crippen molar-refractivity contribution < 1.29 is 9.90 Å². The second kappa shape index (κ2) is 9.35. The molecule has 1 amide bonds. The molecule has 0 atom stereocenters. The van der Waals surface area contributed by atoms with E-state index in [1.807, 2.05) is 35.9 Å². The molecule has 3 aromatic rings. The summed E-state index contributed by atoms with van der Waals surface area (Å²) in [5.41, 5.74) is 1.46. The van der Waals surface area contributed by atoms with Gasteiger partial charge < -0.3 is 15.0 Å². The minimum Gasteiger partial charge on any atom is -0.384 e. The highest BCUT2D eigenvalue weighted by atomic mass is 35.5. The van der Waals surface area contributed by atoms with Crippen LogP contribution in [0.1, 0.15) is 27.7 Å². The Hall–Kier alpha value is -2.17. The molecule has 2 N–H and O–H groups in total. The molecule has 0 aliphatic rings. The third-order valence-electron chi connectivity index (χ3n) is 4.22. The number of amides is 1. The average Bonchev–Trinajstić information content (AvgIpc) is 3.13. The second-order valence-corrected chi connectivity index (χ2v) is 8.05. The molecule has 0 bridgehead atoms. The molecular formula is C21H19ClN2O2S2. The topological polar surface area (TPSA) is 54.3 Å². The van der Waals surface area contributed by atoms with E-state index in [2.05, 4.69) is 17.2 Å². The number of halogens is 1. The van der Waals surface area contributed by atoms with Crippen molar-refractivity contribution in [1.29, 1.82) is 0 Å². The summed E-state index contributed by atoms with van der Waals surface area (Å²) in [7, 11) is 0. The quantitative estimate of drug-likeness (QED) is 0.460. The van der Waals surface area contributed by atoms with E-state index in [9.17, 15) is 4.79 Å². The first kappa shape index (κ1) is 20.6. The highest BCUT2D eigenvalue weighted by Crippen LogP contribution is 2.29. The molecule has 2 aromatic heterocycles. The summed E-state index contributed by atoms with van der Waals surface area (Å²) in [5.74, 6) is 5.39. The summed E-state index contributed by atoms with van der Waals surface area (Å²) in [6.45, 7) is 3.01. The van der Waals surface area contributed by atoms with Crippen molar-refractivity contribution in [2.45, 2.75) is 26.4 Å². The van der Waals surface area contributed by atoms with Gasteiger partial charge in [0.05, 0.1) is 10.1 Å². The van der Waals surface area contributed by atoms with Gasteiger partial charge in [0, 0.05) is 41.0 Å². The van der Waals surface area contributed by atoms with Crippen molar-refractivity contribution >= 4 is 51.3 Å². The van der Waals surface area contributed by atoms with Gasteiger partial charge >= 0.3 is 0 Å². The number of thiophene rings is 1. The minimum absolute atomic E-state index is 0.149. The molecule has 4 nitrogen and oxygen atoms in total. The lowest BCUT2D eigenvalue weighted by Gasteiger charge is -2.10. The number of carbonyl (C=O) groups excluding carboxylic acids is 1. The Kier molecular flexibility index (Phi) is 6.87. The Labute approximate surface area is 177 Å². The van der Waals surface area contributed by atoms with Crippen LogP contribution in [0.3, 0.4) is 0 Å². The largest absolute Gasteiger partial charge is 0.384 e. The molecule has 7 heteroatoms. The summed E-state index contributed by atoms with van der Waals surface area (Å²) in [6.07, 6.45) is 2.37. The molecule has 28 heavy (non-hydrogen) atoms. The summed E-state index contributed by atoms with van der Waals surface area (Å²) in [5, 5.41) is 13.3. The SMILES string of the molecule is CCn1cc(C(=O)NCc2ccc(Cl)cc2)c(=S)c2cc(CC#CCO)sc21. The van der Waals surface area contributed by atoms with Gasteiger partial charge in [0.15, 0.2) is 0 Å². The lowest BCUT2D eigenvalue weighted by molar-refractivity contribution is 0.0950. The Morgan fingerprint density at radius 2 is 2.07 bits per heavy atom. The number of nitrogens with zero attached hydrogens (tertiary/aromatic N) is 1. The summed E-state index contributed by atoms with van der Waals surface area (Å²) in [6, 6.07) is 9.35. The predicted octanol–water partition coefficient (Wildman–Crippen LogP) is 4.57. The maximum absolute atomic E-state index is 12.8. The normalized spacial score (nSPS) is 10.5. The first-order valence-corrected chi connectivity index (χ1v) is 10.4. The highest BCUT2D eigenvalue weighted by molar-refractivity contribution is 7.71.